The van der Waals surface area contributed by atoms with Gasteiger partial charge in [0.05, 0.1) is 7.11 Å². The molecule has 3 aromatic carbocycles. The molecule has 0 unspecified atom stereocenters. The summed E-state index contributed by atoms with van der Waals surface area (Å²) >= 11 is 0. The van der Waals surface area contributed by atoms with E-state index in [0.717, 1.165) is 16.7 Å². The molecule has 6 nitrogen and oxygen atoms in total. The number of methoxy groups -OCH3 is 1. The molecule has 0 aromatic heterocycles. The fraction of sp³-hybridized carbons (Fsp3) is 0.286. The summed E-state index contributed by atoms with van der Waals surface area (Å²) in [6.07, 6.45) is 0.410. The Bertz CT molecular complexity index is 1070. The van der Waals surface area contributed by atoms with Crippen molar-refractivity contribution < 1.29 is 19.1 Å². The minimum absolute atomic E-state index is 0.178. The van der Waals surface area contributed by atoms with Crippen LogP contribution in [-0.4, -0.2) is 43.0 Å². The molecule has 0 aliphatic rings. The molecule has 3 rings (SSSR count). The van der Waals surface area contributed by atoms with Crippen LogP contribution >= 0.6 is 0 Å². The van der Waals surface area contributed by atoms with Crippen LogP contribution in [0.15, 0.2) is 78.9 Å². The number of carbonyl (C=O) groups excluding carboxylic acids is 2. The van der Waals surface area contributed by atoms with Crippen molar-refractivity contribution in [3.8, 4) is 11.5 Å². The normalized spacial score (nSPS) is 11.4. The van der Waals surface area contributed by atoms with Crippen molar-refractivity contribution in [2.24, 2.45) is 0 Å². The molecule has 178 valence electrons. The van der Waals surface area contributed by atoms with E-state index in [1.165, 1.54) is 0 Å². The lowest BCUT2D eigenvalue weighted by Gasteiger charge is -2.31. The number of rotatable bonds is 11. The van der Waals surface area contributed by atoms with Crippen LogP contribution in [0.3, 0.4) is 0 Å². The molecule has 6 heteroatoms. The highest BCUT2D eigenvalue weighted by Crippen LogP contribution is 2.19. The third-order valence-electron chi connectivity index (χ3n) is 5.65. The third kappa shape index (κ3) is 6.85. The number of ether oxygens (including phenoxy) is 2. The standard InChI is InChI=1S/C28H32N2O4/c1-4-29-28(32)26(18-22-11-6-5-7-12-22)30(19-23-13-9-8-10-21(23)2)27(31)20-34-25-16-14-24(33-3)15-17-25/h5-17,26H,4,18-20H2,1-3H3,(H,29,32)/t26-/m0/s1. The summed E-state index contributed by atoms with van der Waals surface area (Å²) in [6.45, 7) is 4.50. The van der Waals surface area contributed by atoms with E-state index in [4.69, 9.17) is 9.47 Å². The Hall–Kier alpha value is -3.80. The van der Waals surface area contributed by atoms with Gasteiger partial charge in [-0.25, -0.2) is 0 Å². The van der Waals surface area contributed by atoms with Crippen LogP contribution in [0.1, 0.15) is 23.6 Å². The number of amides is 2. The first-order valence-corrected chi connectivity index (χ1v) is 11.4. The first kappa shape index (κ1) is 24.8. The molecule has 1 N–H and O–H groups in total. The number of benzene rings is 3. The fourth-order valence-electron chi connectivity index (χ4n) is 3.72. The molecule has 0 radical (unpaired) electrons. The SMILES string of the molecule is CCNC(=O)[C@H](Cc1ccccc1)N(Cc1ccccc1C)C(=O)COc1ccc(OC)cc1. The first-order valence-electron chi connectivity index (χ1n) is 11.4. The van der Waals surface area contributed by atoms with Gasteiger partial charge < -0.3 is 19.7 Å². The van der Waals surface area contributed by atoms with E-state index in [0.29, 0.717) is 31.0 Å². The molecule has 0 heterocycles. The predicted octanol–water partition coefficient (Wildman–Crippen LogP) is 4.16. The van der Waals surface area contributed by atoms with Crippen molar-refractivity contribution >= 4 is 11.8 Å². The van der Waals surface area contributed by atoms with E-state index in [1.807, 2.05) is 68.4 Å². The van der Waals surface area contributed by atoms with Crippen molar-refractivity contribution in [2.75, 3.05) is 20.3 Å². The quantitative estimate of drug-likeness (QED) is 0.467. The number of nitrogens with one attached hydrogen (secondary N) is 1. The van der Waals surface area contributed by atoms with Gasteiger partial charge in [0.25, 0.3) is 5.91 Å². The maximum atomic E-state index is 13.5. The molecule has 0 fully saturated rings. The Kier molecular flexibility index (Phi) is 9.09. The average molecular weight is 461 g/mol. The molecule has 1 atom stereocenters. The van der Waals surface area contributed by atoms with E-state index in [1.54, 1.807) is 36.3 Å². The Morgan fingerprint density at radius 2 is 1.56 bits per heavy atom. The summed E-state index contributed by atoms with van der Waals surface area (Å²) in [7, 11) is 1.59. The maximum Gasteiger partial charge on any atom is 0.261 e. The van der Waals surface area contributed by atoms with E-state index >= 15 is 0 Å². The zero-order chi connectivity index (χ0) is 24.3. The minimum atomic E-state index is -0.672. The third-order valence-corrected chi connectivity index (χ3v) is 5.65. The van der Waals surface area contributed by atoms with Gasteiger partial charge in [-0.2, -0.15) is 0 Å². The molecule has 0 saturated carbocycles. The maximum absolute atomic E-state index is 13.5. The summed E-state index contributed by atoms with van der Waals surface area (Å²) in [6, 6.07) is 24.0. The second kappa shape index (κ2) is 12.4. The molecule has 0 saturated heterocycles. The van der Waals surface area contributed by atoms with Crippen molar-refractivity contribution in [2.45, 2.75) is 32.9 Å². The Morgan fingerprint density at radius 3 is 2.21 bits per heavy atom. The van der Waals surface area contributed by atoms with Gasteiger partial charge in [0.15, 0.2) is 6.61 Å². The summed E-state index contributed by atoms with van der Waals surface area (Å²) in [5.41, 5.74) is 3.03. The van der Waals surface area contributed by atoms with Crippen LogP contribution in [0.4, 0.5) is 0 Å². The van der Waals surface area contributed by atoms with Gasteiger partial charge in [-0.15, -0.1) is 0 Å². The molecule has 0 aliphatic carbocycles. The fourth-order valence-corrected chi connectivity index (χ4v) is 3.72. The van der Waals surface area contributed by atoms with Gasteiger partial charge in [-0.1, -0.05) is 54.6 Å². The molecule has 3 aromatic rings. The average Bonchev–Trinajstić information content (AvgIpc) is 2.86. The van der Waals surface area contributed by atoms with Gasteiger partial charge in [0.2, 0.25) is 5.91 Å². The number of hydrogen-bond donors (Lipinski definition) is 1. The molecule has 0 aliphatic heterocycles. The lowest BCUT2D eigenvalue weighted by molar-refractivity contribution is -0.142. The largest absolute Gasteiger partial charge is 0.497 e. The highest BCUT2D eigenvalue weighted by Gasteiger charge is 2.30. The van der Waals surface area contributed by atoms with Crippen LogP contribution in [0.2, 0.25) is 0 Å². The zero-order valence-electron chi connectivity index (χ0n) is 20.0. The molecule has 34 heavy (non-hydrogen) atoms. The molecule has 0 spiro atoms. The number of carbonyl (C=O) groups is 2. The second-order valence-electron chi connectivity index (χ2n) is 8.01. The van der Waals surface area contributed by atoms with E-state index in [9.17, 15) is 9.59 Å². The topological polar surface area (TPSA) is 67.9 Å². The summed E-state index contributed by atoms with van der Waals surface area (Å²) in [5, 5.41) is 2.90. The number of hydrogen-bond acceptors (Lipinski definition) is 4. The summed E-state index contributed by atoms with van der Waals surface area (Å²) < 4.78 is 11.0. The molecule has 0 bridgehead atoms. The minimum Gasteiger partial charge on any atom is -0.497 e. The highest BCUT2D eigenvalue weighted by molar-refractivity contribution is 5.88. The molecular formula is C28H32N2O4. The van der Waals surface area contributed by atoms with Gasteiger partial charge >= 0.3 is 0 Å². The molecular weight excluding hydrogens is 428 g/mol. The highest BCUT2D eigenvalue weighted by atomic mass is 16.5. The van der Waals surface area contributed by atoms with Gasteiger partial charge in [-0.3, -0.25) is 9.59 Å². The number of aryl methyl sites for hydroxylation is 1. The van der Waals surface area contributed by atoms with Crippen LogP contribution in [0, 0.1) is 6.92 Å². The second-order valence-corrected chi connectivity index (χ2v) is 8.01. The van der Waals surface area contributed by atoms with Crippen molar-refractivity contribution in [1.29, 1.82) is 0 Å². The Labute approximate surface area is 201 Å². The predicted molar refractivity (Wildman–Crippen MR) is 133 cm³/mol. The first-order chi connectivity index (χ1) is 16.5. The monoisotopic (exact) mass is 460 g/mol. The Balaban J connectivity index is 1.87. The van der Waals surface area contributed by atoms with E-state index in [2.05, 4.69) is 5.32 Å². The number of likely N-dealkylation sites (N-methyl/N-ethyl adjacent to an activating group) is 1. The lowest BCUT2D eigenvalue weighted by atomic mass is 10.0. The van der Waals surface area contributed by atoms with E-state index < -0.39 is 6.04 Å². The smallest absolute Gasteiger partial charge is 0.261 e. The van der Waals surface area contributed by atoms with Crippen LogP contribution in [0.25, 0.3) is 0 Å². The van der Waals surface area contributed by atoms with Crippen LogP contribution in [0.5, 0.6) is 11.5 Å². The van der Waals surface area contributed by atoms with Gasteiger partial charge in [-0.05, 0) is 54.8 Å². The van der Waals surface area contributed by atoms with Crippen molar-refractivity contribution in [3.63, 3.8) is 0 Å². The van der Waals surface area contributed by atoms with Crippen LogP contribution < -0.4 is 14.8 Å². The van der Waals surface area contributed by atoms with Gasteiger partial charge in [0, 0.05) is 19.5 Å². The van der Waals surface area contributed by atoms with Crippen LogP contribution in [-0.2, 0) is 22.6 Å². The van der Waals surface area contributed by atoms with E-state index in [-0.39, 0.29) is 18.4 Å². The molecule has 2 amide bonds. The summed E-state index contributed by atoms with van der Waals surface area (Å²) in [5.74, 6) is 0.825. The van der Waals surface area contributed by atoms with Crippen molar-refractivity contribution in [3.05, 3.63) is 95.6 Å². The zero-order valence-corrected chi connectivity index (χ0v) is 20.0. The summed E-state index contributed by atoms with van der Waals surface area (Å²) in [4.78, 5) is 28.3. The number of nitrogens with zero attached hydrogens (tertiary/aromatic N) is 1. The Morgan fingerprint density at radius 1 is 0.912 bits per heavy atom. The van der Waals surface area contributed by atoms with Gasteiger partial charge in [0.1, 0.15) is 17.5 Å². The van der Waals surface area contributed by atoms with Crippen molar-refractivity contribution in [1.82, 2.24) is 10.2 Å². The lowest BCUT2D eigenvalue weighted by Crippen LogP contribution is -2.51.